The van der Waals surface area contributed by atoms with Gasteiger partial charge in [-0.1, -0.05) is 38.1 Å². The lowest BCUT2D eigenvalue weighted by molar-refractivity contribution is 0.647. The number of hydrogen-bond donors (Lipinski definition) is 0. The first-order chi connectivity index (χ1) is 8.74. The van der Waals surface area contributed by atoms with Gasteiger partial charge in [-0.3, -0.25) is 9.98 Å². The van der Waals surface area contributed by atoms with Crippen molar-refractivity contribution in [2.45, 2.75) is 20.3 Å². The minimum absolute atomic E-state index is 0.693. The van der Waals surface area contributed by atoms with Crippen LogP contribution in [0.1, 0.15) is 25.0 Å². The molecule has 1 aromatic carbocycles. The minimum Gasteiger partial charge on any atom is -0.263 e. The number of rotatable bonds is 3. The Hall–Kier alpha value is -1.96. The lowest BCUT2D eigenvalue weighted by atomic mass is 9.97. The van der Waals surface area contributed by atoms with Gasteiger partial charge in [0.25, 0.3) is 0 Å². The van der Waals surface area contributed by atoms with Gasteiger partial charge in [0, 0.05) is 35.3 Å². The zero-order chi connectivity index (χ0) is 12.5. The maximum atomic E-state index is 4.48. The standard InChI is InChI=1S/C16H16N2/c1-11(2)7-12-3-5-13(6-4-12)16-15-10-17-8-14(15)9-18-16/h3-6,8-11H,7H2,1-2H3. The van der Waals surface area contributed by atoms with Crippen molar-refractivity contribution in [2.24, 2.45) is 15.9 Å². The third kappa shape index (κ3) is 1.94. The molecular weight excluding hydrogens is 220 g/mol. The molecule has 18 heavy (non-hydrogen) atoms. The van der Waals surface area contributed by atoms with E-state index in [2.05, 4.69) is 48.1 Å². The molecule has 2 heteroatoms. The molecule has 2 heterocycles. The molecule has 0 aliphatic carbocycles. The van der Waals surface area contributed by atoms with Gasteiger partial charge in [-0.2, -0.15) is 0 Å². The molecule has 0 bridgehead atoms. The van der Waals surface area contributed by atoms with Crippen LogP contribution in [0.2, 0.25) is 0 Å². The average Bonchev–Trinajstić information content (AvgIpc) is 2.91. The molecule has 0 spiro atoms. The lowest BCUT2D eigenvalue weighted by Gasteiger charge is -2.07. The third-order valence-corrected chi connectivity index (χ3v) is 3.19. The number of hydrogen-bond acceptors (Lipinski definition) is 2. The fourth-order valence-corrected chi connectivity index (χ4v) is 2.34. The van der Waals surface area contributed by atoms with Crippen LogP contribution in [0.25, 0.3) is 0 Å². The Kier molecular flexibility index (Phi) is 2.71. The Morgan fingerprint density at radius 3 is 2.56 bits per heavy atom. The fourth-order valence-electron chi connectivity index (χ4n) is 2.34. The molecule has 3 rings (SSSR count). The van der Waals surface area contributed by atoms with Crippen molar-refractivity contribution < 1.29 is 0 Å². The largest absolute Gasteiger partial charge is 0.263 e. The van der Waals surface area contributed by atoms with Crippen LogP contribution in [-0.4, -0.2) is 11.9 Å². The van der Waals surface area contributed by atoms with Crippen LogP contribution < -0.4 is 0 Å². The zero-order valence-electron chi connectivity index (χ0n) is 10.7. The SMILES string of the molecule is CC(C)Cc1ccc(C2=NC=C3C=NC=C32)cc1. The second-order valence-electron chi connectivity index (χ2n) is 5.18. The fraction of sp³-hybridized carbons (Fsp3) is 0.250. The van der Waals surface area contributed by atoms with Crippen molar-refractivity contribution in [3.05, 3.63) is 58.9 Å². The number of nitrogens with zero attached hydrogens (tertiary/aromatic N) is 2. The highest BCUT2D eigenvalue weighted by molar-refractivity contribution is 6.22. The molecule has 90 valence electrons. The van der Waals surface area contributed by atoms with Gasteiger partial charge in [0.15, 0.2) is 0 Å². The van der Waals surface area contributed by atoms with Gasteiger partial charge >= 0.3 is 0 Å². The van der Waals surface area contributed by atoms with Gasteiger partial charge < -0.3 is 0 Å². The Labute approximate surface area is 107 Å². The van der Waals surface area contributed by atoms with E-state index in [1.54, 1.807) is 0 Å². The summed E-state index contributed by atoms with van der Waals surface area (Å²) >= 11 is 0. The number of fused-ring (bicyclic) bond motifs is 1. The van der Waals surface area contributed by atoms with Crippen molar-refractivity contribution in [1.82, 2.24) is 0 Å². The van der Waals surface area contributed by atoms with Crippen molar-refractivity contribution in [1.29, 1.82) is 0 Å². The summed E-state index contributed by atoms with van der Waals surface area (Å²) in [6.45, 7) is 4.48. The molecule has 0 unspecified atom stereocenters. The summed E-state index contributed by atoms with van der Waals surface area (Å²) in [4.78, 5) is 8.64. The molecule has 2 aliphatic rings. The monoisotopic (exact) mass is 236 g/mol. The summed E-state index contributed by atoms with van der Waals surface area (Å²) in [5.74, 6) is 0.693. The molecule has 0 amide bonds. The van der Waals surface area contributed by atoms with Crippen LogP contribution in [0, 0.1) is 5.92 Å². The normalized spacial score (nSPS) is 16.7. The van der Waals surface area contributed by atoms with E-state index in [0.717, 1.165) is 23.3 Å². The van der Waals surface area contributed by atoms with Gasteiger partial charge in [0.05, 0.1) is 5.71 Å². The number of aliphatic imine (C=N–C) groups is 2. The van der Waals surface area contributed by atoms with E-state index in [9.17, 15) is 0 Å². The maximum absolute atomic E-state index is 4.48. The molecule has 0 fully saturated rings. The van der Waals surface area contributed by atoms with Crippen LogP contribution in [-0.2, 0) is 6.42 Å². The Morgan fingerprint density at radius 1 is 1.06 bits per heavy atom. The van der Waals surface area contributed by atoms with E-state index in [1.807, 2.05) is 18.6 Å². The highest BCUT2D eigenvalue weighted by atomic mass is 14.8. The lowest BCUT2D eigenvalue weighted by Crippen LogP contribution is -2.02. The average molecular weight is 236 g/mol. The highest BCUT2D eigenvalue weighted by Gasteiger charge is 2.20. The summed E-state index contributed by atoms with van der Waals surface area (Å²) in [5, 5.41) is 0. The van der Waals surface area contributed by atoms with Gasteiger partial charge in [0.1, 0.15) is 0 Å². The van der Waals surface area contributed by atoms with E-state index < -0.39 is 0 Å². The molecule has 0 atom stereocenters. The molecule has 0 radical (unpaired) electrons. The molecule has 2 nitrogen and oxygen atoms in total. The summed E-state index contributed by atoms with van der Waals surface area (Å²) in [6, 6.07) is 8.72. The van der Waals surface area contributed by atoms with Gasteiger partial charge in [-0.15, -0.1) is 0 Å². The molecule has 0 N–H and O–H groups in total. The molecule has 1 aromatic rings. The molecule has 2 aliphatic heterocycles. The van der Waals surface area contributed by atoms with Crippen LogP contribution in [0.4, 0.5) is 0 Å². The first kappa shape index (κ1) is 11.1. The molecule has 0 aromatic heterocycles. The summed E-state index contributed by atoms with van der Waals surface area (Å²) in [5.41, 5.74) is 5.86. The highest BCUT2D eigenvalue weighted by Crippen LogP contribution is 2.26. The van der Waals surface area contributed by atoms with Crippen LogP contribution in [0.3, 0.4) is 0 Å². The second-order valence-corrected chi connectivity index (χ2v) is 5.18. The smallest absolute Gasteiger partial charge is 0.0797 e. The van der Waals surface area contributed by atoms with E-state index in [4.69, 9.17) is 0 Å². The predicted octanol–water partition coefficient (Wildman–Crippen LogP) is 3.54. The number of allylic oxidation sites excluding steroid dienone is 2. The Balaban J connectivity index is 1.83. The first-order valence-corrected chi connectivity index (χ1v) is 6.35. The number of benzene rings is 1. The first-order valence-electron chi connectivity index (χ1n) is 6.35. The summed E-state index contributed by atoms with van der Waals surface area (Å²) in [6.07, 6.45) is 6.76. The van der Waals surface area contributed by atoms with Crippen LogP contribution in [0.15, 0.2) is 57.8 Å². The maximum Gasteiger partial charge on any atom is 0.0797 e. The Bertz CT molecular complexity index is 584. The second kappa shape index (κ2) is 4.37. The Morgan fingerprint density at radius 2 is 1.83 bits per heavy atom. The zero-order valence-corrected chi connectivity index (χ0v) is 10.7. The van der Waals surface area contributed by atoms with Crippen molar-refractivity contribution >= 4 is 11.9 Å². The van der Waals surface area contributed by atoms with Gasteiger partial charge in [0.2, 0.25) is 0 Å². The van der Waals surface area contributed by atoms with Crippen molar-refractivity contribution in [3.63, 3.8) is 0 Å². The van der Waals surface area contributed by atoms with E-state index in [1.165, 1.54) is 11.1 Å². The quantitative estimate of drug-likeness (QED) is 0.767. The van der Waals surface area contributed by atoms with Crippen LogP contribution >= 0.6 is 0 Å². The summed E-state index contributed by atoms with van der Waals surface area (Å²) in [7, 11) is 0. The molecule has 0 saturated carbocycles. The van der Waals surface area contributed by atoms with Gasteiger partial charge in [-0.05, 0) is 17.9 Å². The van der Waals surface area contributed by atoms with Crippen molar-refractivity contribution in [3.8, 4) is 0 Å². The van der Waals surface area contributed by atoms with E-state index in [-0.39, 0.29) is 0 Å². The molecule has 0 saturated heterocycles. The minimum atomic E-state index is 0.693. The topological polar surface area (TPSA) is 24.7 Å². The van der Waals surface area contributed by atoms with Crippen molar-refractivity contribution in [2.75, 3.05) is 0 Å². The molecular formula is C16H16N2. The van der Waals surface area contributed by atoms with E-state index in [0.29, 0.717) is 5.92 Å². The summed E-state index contributed by atoms with van der Waals surface area (Å²) < 4.78 is 0. The van der Waals surface area contributed by atoms with Crippen LogP contribution in [0.5, 0.6) is 0 Å². The third-order valence-electron chi connectivity index (χ3n) is 3.19. The van der Waals surface area contributed by atoms with Gasteiger partial charge in [-0.25, -0.2) is 0 Å². The predicted molar refractivity (Wildman–Crippen MR) is 76.2 cm³/mol. The van der Waals surface area contributed by atoms with E-state index >= 15 is 0 Å².